The summed E-state index contributed by atoms with van der Waals surface area (Å²) in [4.78, 5) is 52.6. The molecule has 3 amide bonds. The Bertz CT molecular complexity index is 1300. The molecule has 3 aromatic carbocycles. The van der Waals surface area contributed by atoms with Crippen molar-refractivity contribution in [2.75, 3.05) is 18.5 Å². The molecule has 0 spiro atoms. The molecule has 0 aromatic heterocycles. The minimum atomic E-state index is -0.855. The van der Waals surface area contributed by atoms with Gasteiger partial charge >= 0.3 is 5.97 Å². The molecule has 8 heteroatoms. The fourth-order valence-electron chi connectivity index (χ4n) is 5.95. The summed E-state index contributed by atoms with van der Waals surface area (Å²) in [7, 11) is 0. The zero-order valence-corrected chi connectivity index (χ0v) is 19.0. The summed E-state index contributed by atoms with van der Waals surface area (Å²) in [5, 5.41) is 2.49. The van der Waals surface area contributed by atoms with Gasteiger partial charge in [-0.05, 0) is 46.5 Å². The number of benzene rings is 3. The second kappa shape index (κ2) is 8.41. The lowest BCUT2D eigenvalue weighted by molar-refractivity contribution is -0.154. The smallest absolute Gasteiger partial charge is 0.326 e. The van der Waals surface area contributed by atoms with Gasteiger partial charge in [-0.3, -0.25) is 24.1 Å². The van der Waals surface area contributed by atoms with Crippen LogP contribution in [-0.4, -0.2) is 41.7 Å². The number of hydrogen-bond acceptors (Lipinski definition) is 5. The van der Waals surface area contributed by atoms with Crippen LogP contribution in [-0.2, 0) is 23.9 Å². The molecule has 0 radical (unpaired) electrons. The molecule has 1 aliphatic heterocycles. The zero-order valence-electron chi connectivity index (χ0n) is 19.0. The molecule has 180 valence electrons. The summed E-state index contributed by atoms with van der Waals surface area (Å²) in [6, 6.07) is 20.9. The summed E-state index contributed by atoms with van der Waals surface area (Å²) >= 11 is 0. The van der Waals surface area contributed by atoms with Gasteiger partial charge in [-0.2, -0.15) is 0 Å². The van der Waals surface area contributed by atoms with Crippen LogP contribution < -0.4 is 5.32 Å². The van der Waals surface area contributed by atoms with E-state index >= 15 is 0 Å². The number of hydrogen-bond donors (Lipinski definition) is 1. The van der Waals surface area contributed by atoms with Crippen molar-refractivity contribution in [1.82, 2.24) is 4.90 Å². The lowest BCUT2D eigenvalue weighted by Crippen LogP contribution is -2.41. The first-order valence-electron chi connectivity index (χ1n) is 11.7. The standard InChI is InChI=1S/C28H21FN2O5/c29-15-9-11-16(12-10-15)30-21(32)14-36-22(33)13-31-27(34)25-23-17-5-1-2-6-18(17)24(26(25)28(31)35)20-8-4-3-7-19(20)23/h1-12,23-26H,13-14H2,(H,30,32)/t23?,24?,25-,26+. The molecule has 0 saturated carbocycles. The Morgan fingerprint density at radius 2 is 1.25 bits per heavy atom. The number of halogens is 1. The van der Waals surface area contributed by atoms with E-state index in [0.717, 1.165) is 27.2 Å². The highest BCUT2D eigenvalue weighted by atomic mass is 19.1. The number of anilines is 1. The van der Waals surface area contributed by atoms with Crippen LogP contribution in [0, 0.1) is 17.7 Å². The number of nitrogens with one attached hydrogen (secondary N) is 1. The van der Waals surface area contributed by atoms with E-state index in [0.29, 0.717) is 5.69 Å². The molecule has 4 aliphatic rings. The normalized spacial score (nSPS) is 23.1. The third kappa shape index (κ3) is 3.40. The Kier molecular flexibility index (Phi) is 5.17. The van der Waals surface area contributed by atoms with Gasteiger partial charge in [0.2, 0.25) is 11.8 Å². The molecule has 2 atom stereocenters. The molecule has 1 N–H and O–H groups in total. The molecule has 7 nitrogen and oxygen atoms in total. The monoisotopic (exact) mass is 484 g/mol. The summed E-state index contributed by atoms with van der Waals surface area (Å²) in [5.41, 5.74) is 4.54. The molecule has 3 aliphatic carbocycles. The molecule has 3 aromatic rings. The number of carbonyl (C=O) groups excluding carboxylic acids is 4. The predicted octanol–water partition coefficient (Wildman–Crippen LogP) is 3.20. The van der Waals surface area contributed by atoms with Crippen LogP contribution in [0.5, 0.6) is 0 Å². The summed E-state index contributed by atoms with van der Waals surface area (Å²) in [6.07, 6.45) is 0. The topological polar surface area (TPSA) is 92.8 Å². The van der Waals surface area contributed by atoms with Crippen LogP contribution in [0.4, 0.5) is 10.1 Å². The van der Waals surface area contributed by atoms with Gasteiger partial charge in [0.15, 0.2) is 6.61 Å². The van der Waals surface area contributed by atoms with Crippen molar-refractivity contribution in [1.29, 1.82) is 0 Å². The van der Waals surface area contributed by atoms with Crippen molar-refractivity contribution < 1.29 is 28.3 Å². The number of amides is 3. The maximum Gasteiger partial charge on any atom is 0.326 e. The SMILES string of the molecule is O=C(COC(=O)CN1C(=O)[C@@H]2C3c4ccccc4C(c4ccccc43)[C@@H]2C1=O)Nc1ccc(F)cc1. The molecular weight excluding hydrogens is 463 g/mol. The summed E-state index contributed by atoms with van der Waals surface area (Å²) in [5.74, 6) is -4.38. The van der Waals surface area contributed by atoms with Crippen LogP contribution in [0.1, 0.15) is 34.1 Å². The minimum Gasteiger partial charge on any atom is -0.454 e. The van der Waals surface area contributed by atoms with Crippen LogP contribution >= 0.6 is 0 Å². The van der Waals surface area contributed by atoms with Crippen LogP contribution in [0.2, 0.25) is 0 Å². The van der Waals surface area contributed by atoms with Gasteiger partial charge in [0.25, 0.3) is 5.91 Å². The number of ether oxygens (including phenoxy) is 1. The quantitative estimate of drug-likeness (QED) is 0.444. The second-order valence-corrected chi connectivity index (χ2v) is 9.24. The zero-order chi connectivity index (χ0) is 25.0. The van der Waals surface area contributed by atoms with E-state index in [1.54, 1.807) is 0 Å². The highest BCUT2D eigenvalue weighted by molar-refractivity contribution is 6.09. The summed E-state index contributed by atoms with van der Waals surface area (Å²) < 4.78 is 18.0. The number of likely N-dealkylation sites (tertiary alicyclic amines) is 1. The van der Waals surface area contributed by atoms with Gasteiger partial charge in [0.1, 0.15) is 12.4 Å². The summed E-state index contributed by atoms with van der Waals surface area (Å²) in [6.45, 7) is -1.15. The maximum absolute atomic E-state index is 13.5. The third-order valence-electron chi connectivity index (χ3n) is 7.32. The molecule has 1 heterocycles. The largest absolute Gasteiger partial charge is 0.454 e. The lowest BCUT2D eigenvalue weighted by Gasteiger charge is -2.45. The fraction of sp³-hybridized carbons (Fsp3) is 0.214. The van der Waals surface area contributed by atoms with Gasteiger partial charge < -0.3 is 10.1 Å². The second-order valence-electron chi connectivity index (χ2n) is 9.24. The lowest BCUT2D eigenvalue weighted by atomic mass is 9.55. The van der Waals surface area contributed by atoms with E-state index in [1.807, 2.05) is 48.5 Å². The molecular formula is C28H21FN2O5. The molecule has 1 fully saturated rings. The first kappa shape index (κ1) is 22.2. The van der Waals surface area contributed by atoms with E-state index in [2.05, 4.69) is 5.32 Å². The minimum absolute atomic E-state index is 0.258. The van der Waals surface area contributed by atoms with Crippen molar-refractivity contribution >= 4 is 29.4 Å². The first-order chi connectivity index (χ1) is 17.4. The van der Waals surface area contributed by atoms with Crippen LogP contribution in [0.15, 0.2) is 72.8 Å². The molecule has 1 saturated heterocycles. The van der Waals surface area contributed by atoms with E-state index < -0.39 is 54.5 Å². The van der Waals surface area contributed by atoms with Gasteiger partial charge in [0.05, 0.1) is 11.8 Å². The van der Waals surface area contributed by atoms with E-state index in [1.165, 1.54) is 24.3 Å². The van der Waals surface area contributed by atoms with Gasteiger partial charge in [-0.1, -0.05) is 48.5 Å². The number of nitrogens with zero attached hydrogens (tertiary/aromatic N) is 1. The fourth-order valence-corrected chi connectivity index (χ4v) is 5.95. The molecule has 0 unspecified atom stereocenters. The van der Waals surface area contributed by atoms with E-state index in [9.17, 15) is 23.6 Å². The first-order valence-corrected chi connectivity index (χ1v) is 11.7. The van der Waals surface area contributed by atoms with Crippen molar-refractivity contribution in [2.45, 2.75) is 11.8 Å². The van der Waals surface area contributed by atoms with Crippen molar-refractivity contribution in [3.05, 3.63) is 101 Å². The Morgan fingerprint density at radius 3 is 1.72 bits per heavy atom. The molecule has 7 rings (SSSR count). The third-order valence-corrected chi connectivity index (χ3v) is 7.32. The maximum atomic E-state index is 13.5. The van der Waals surface area contributed by atoms with E-state index in [4.69, 9.17) is 4.74 Å². The predicted molar refractivity (Wildman–Crippen MR) is 126 cm³/mol. The van der Waals surface area contributed by atoms with E-state index in [-0.39, 0.29) is 11.8 Å². The van der Waals surface area contributed by atoms with Crippen molar-refractivity contribution in [3.63, 3.8) is 0 Å². The van der Waals surface area contributed by atoms with Crippen molar-refractivity contribution in [3.8, 4) is 0 Å². The van der Waals surface area contributed by atoms with Crippen molar-refractivity contribution in [2.24, 2.45) is 11.8 Å². The average Bonchev–Trinajstić information content (AvgIpc) is 3.14. The highest BCUT2D eigenvalue weighted by Gasteiger charge is 2.61. The molecule has 2 bridgehead atoms. The number of rotatable bonds is 5. The highest BCUT2D eigenvalue weighted by Crippen LogP contribution is 2.60. The number of esters is 1. The van der Waals surface area contributed by atoms with Gasteiger partial charge in [-0.15, -0.1) is 0 Å². The average molecular weight is 484 g/mol. The Labute approximate surface area is 205 Å². The number of carbonyl (C=O) groups is 4. The number of imide groups is 1. The Hall–Kier alpha value is -4.33. The molecule has 36 heavy (non-hydrogen) atoms. The van der Waals surface area contributed by atoms with Crippen LogP contribution in [0.3, 0.4) is 0 Å². The Morgan fingerprint density at radius 1 is 0.778 bits per heavy atom. The van der Waals surface area contributed by atoms with Gasteiger partial charge in [0, 0.05) is 17.5 Å². The van der Waals surface area contributed by atoms with Gasteiger partial charge in [-0.25, -0.2) is 4.39 Å². The van der Waals surface area contributed by atoms with Crippen LogP contribution in [0.25, 0.3) is 0 Å². The Balaban J connectivity index is 1.18.